The third-order valence-electron chi connectivity index (χ3n) is 3.77. The summed E-state index contributed by atoms with van der Waals surface area (Å²) in [4.78, 5) is 2.52. The van der Waals surface area contributed by atoms with E-state index in [2.05, 4.69) is 22.0 Å². The average molecular weight is 265 g/mol. The summed E-state index contributed by atoms with van der Waals surface area (Å²) in [6.07, 6.45) is 5.48. The van der Waals surface area contributed by atoms with Crippen LogP contribution >= 0.6 is 11.6 Å². The molecule has 0 saturated carbocycles. The van der Waals surface area contributed by atoms with Crippen molar-refractivity contribution in [3.63, 3.8) is 0 Å². The summed E-state index contributed by atoms with van der Waals surface area (Å²) in [5.41, 5.74) is 0.832. The third-order valence-corrected chi connectivity index (χ3v) is 4.00. The van der Waals surface area contributed by atoms with Crippen LogP contribution in [0.1, 0.15) is 25.6 Å². The first-order chi connectivity index (χ1) is 8.78. The van der Waals surface area contributed by atoms with Crippen molar-refractivity contribution < 1.29 is 0 Å². The topological polar surface area (TPSA) is 33.4 Å². The first-order valence-electron chi connectivity index (χ1n) is 6.51. The van der Waals surface area contributed by atoms with E-state index in [0.29, 0.717) is 11.1 Å². The lowest BCUT2D eigenvalue weighted by Gasteiger charge is -2.21. The second-order valence-electron chi connectivity index (χ2n) is 4.82. The van der Waals surface area contributed by atoms with Crippen LogP contribution in [0.5, 0.6) is 0 Å². The molecule has 1 atom stereocenters. The maximum atomic E-state index is 5.95. The lowest BCUT2D eigenvalue weighted by molar-refractivity contribution is 0.263. The van der Waals surface area contributed by atoms with E-state index in [-0.39, 0.29) is 0 Å². The number of nitrogens with zero attached hydrogens (tertiary/aromatic N) is 4. The Labute approximate surface area is 112 Å². The smallest absolute Gasteiger partial charge is 0.162 e. The number of pyridine rings is 1. The zero-order valence-electron chi connectivity index (χ0n) is 10.5. The van der Waals surface area contributed by atoms with Crippen molar-refractivity contribution in [2.75, 3.05) is 13.1 Å². The van der Waals surface area contributed by atoms with Gasteiger partial charge in [-0.15, -0.1) is 10.2 Å². The summed E-state index contributed by atoms with van der Waals surface area (Å²) < 4.78 is 2.04. The van der Waals surface area contributed by atoms with E-state index in [4.69, 9.17) is 11.6 Å². The number of likely N-dealkylation sites (tertiary alicyclic amines) is 1. The number of hydrogen-bond acceptors (Lipinski definition) is 3. The highest BCUT2D eigenvalue weighted by atomic mass is 35.5. The summed E-state index contributed by atoms with van der Waals surface area (Å²) in [6, 6.07) is 4.34. The summed E-state index contributed by atoms with van der Waals surface area (Å²) >= 11 is 5.95. The number of hydrogen-bond donors (Lipinski definition) is 0. The molecule has 2 aromatic rings. The van der Waals surface area contributed by atoms with Crippen LogP contribution in [-0.4, -0.2) is 38.6 Å². The Morgan fingerprint density at radius 2 is 2.33 bits per heavy atom. The summed E-state index contributed by atoms with van der Waals surface area (Å²) in [6.45, 7) is 4.55. The molecule has 96 valence electrons. The number of aromatic nitrogens is 3. The van der Waals surface area contributed by atoms with E-state index in [0.717, 1.165) is 24.4 Å². The fraction of sp³-hybridized carbons (Fsp3) is 0.538. The van der Waals surface area contributed by atoms with Crippen molar-refractivity contribution in [3.8, 4) is 0 Å². The van der Waals surface area contributed by atoms with Gasteiger partial charge in [0.15, 0.2) is 5.65 Å². The zero-order valence-corrected chi connectivity index (χ0v) is 11.3. The molecule has 2 aromatic heterocycles. The molecule has 1 saturated heterocycles. The van der Waals surface area contributed by atoms with Gasteiger partial charge in [0.05, 0.1) is 0 Å². The zero-order chi connectivity index (χ0) is 12.5. The standard InChI is InChI=1S/C13H17ClN4/c1-2-17-6-3-4-11(17)9-13-16-15-12-8-10(14)5-7-18(12)13/h5,7-8,11H,2-4,6,9H2,1H3. The lowest BCUT2D eigenvalue weighted by atomic mass is 10.1. The molecule has 5 heteroatoms. The highest BCUT2D eigenvalue weighted by Gasteiger charge is 2.24. The Morgan fingerprint density at radius 1 is 1.44 bits per heavy atom. The Balaban J connectivity index is 1.86. The highest BCUT2D eigenvalue weighted by molar-refractivity contribution is 6.30. The van der Waals surface area contributed by atoms with E-state index in [1.165, 1.54) is 19.4 Å². The van der Waals surface area contributed by atoms with Gasteiger partial charge < -0.3 is 4.90 Å². The third kappa shape index (κ3) is 2.10. The Bertz CT molecular complexity index is 551. The number of halogens is 1. The highest BCUT2D eigenvalue weighted by Crippen LogP contribution is 2.21. The maximum Gasteiger partial charge on any atom is 0.162 e. The van der Waals surface area contributed by atoms with Gasteiger partial charge in [0.25, 0.3) is 0 Å². The normalized spacial score (nSPS) is 20.9. The molecule has 0 aliphatic carbocycles. The predicted molar refractivity (Wildman–Crippen MR) is 72.0 cm³/mol. The van der Waals surface area contributed by atoms with Crippen molar-refractivity contribution in [2.45, 2.75) is 32.2 Å². The molecule has 0 amide bonds. The van der Waals surface area contributed by atoms with E-state index in [1.807, 2.05) is 22.7 Å². The molecule has 0 spiro atoms. The SMILES string of the molecule is CCN1CCCC1Cc1nnc2cc(Cl)ccn12. The molecule has 3 heterocycles. The van der Waals surface area contributed by atoms with Gasteiger partial charge in [-0.3, -0.25) is 4.40 Å². The Kier molecular flexibility index (Phi) is 3.22. The van der Waals surface area contributed by atoms with Crippen molar-refractivity contribution in [3.05, 3.63) is 29.2 Å². The van der Waals surface area contributed by atoms with Crippen LogP contribution in [-0.2, 0) is 6.42 Å². The molecule has 3 rings (SSSR count). The van der Waals surface area contributed by atoms with Crippen LogP contribution in [0.25, 0.3) is 5.65 Å². The molecule has 4 nitrogen and oxygen atoms in total. The largest absolute Gasteiger partial charge is 0.300 e. The molecular formula is C13H17ClN4. The molecule has 0 radical (unpaired) electrons. The minimum atomic E-state index is 0.609. The lowest BCUT2D eigenvalue weighted by Crippen LogP contribution is -2.31. The quantitative estimate of drug-likeness (QED) is 0.854. The van der Waals surface area contributed by atoms with Gasteiger partial charge in [0.2, 0.25) is 0 Å². The Hall–Kier alpha value is -1.13. The van der Waals surface area contributed by atoms with Crippen LogP contribution in [0.15, 0.2) is 18.3 Å². The predicted octanol–water partition coefficient (Wildman–Crippen LogP) is 2.41. The van der Waals surface area contributed by atoms with Gasteiger partial charge in [-0.2, -0.15) is 0 Å². The van der Waals surface area contributed by atoms with Gasteiger partial charge in [0.1, 0.15) is 5.82 Å². The summed E-state index contributed by atoms with van der Waals surface area (Å²) in [5, 5.41) is 9.18. The van der Waals surface area contributed by atoms with Gasteiger partial charge in [-0.25, -0.2) is 0 Å². The number of rotatable bonds is 3. The fourth-order valence-corrected chi connectivity index (χ4v) is 2.96. The molecule has 18 heavy (non-hydrogen) atoms. The van der Waals surface area contributed by atoms with Crippen LogP contribution < -0.4 is 0 Å². The second-order valence-corrected chi connectivity index (χ2v) is 5.25. The number of fused-ring (bicyclic) bond motifs is 1. The van der Waals surface area contributed by atoms with E-state index < -0.39 is 0 Å². The van der Waals surface area contributed by atoms with E-state index in [9.17, 15) is 0 Å². The molecule has 1 unspecified atom stereocenters. The molecule has 0 bridgehead atoms. The van der Waals surface area contributed by atoms with Crippen LogP contribution in [0, 0.1) is 0 Å². The molecular weight excluding hydrogens is 248 g/mol. The first-order valence-corrected chi connectivity index (χ1v) is 6.89. The van der Waals surface area contributed by atoms with E-state index >= 15 is 0 Å². The fourth-order valence-electron chi connectivity index (χ4n) is 2.81. The van der Waals surface area contributed by atoms with Crippen LogP contribution in [0.3, 0.4) is 0 Å². The molecule has 1 aliphatic heterocycles. The molecule has 1 fully saturated rings. The minimum Gasteiger partial charge on any atom is -0.300 e. The molecule has 1 aliphatic rings. The second kappa shape index (κ2) is 4.86. The first kappa shape index (κ1) is 11.9. The van der Waals surface area contributed by atoms with Crippen molar-refractivity contribution in [2.24, 2.45) is 0 Å². The van der Waals surface area contributed by atoms with Gasteiger partial charge in [0, 0.05) is 29.7 Å². The van der Waals surface area contributed by atoms with Gasteiger partial charge >= 0.3 is 0 Å². The minimum absolute atomic E-state index is 0.609. The number of likely N-dealkylation sites (N-methyl/N-ethyl adjacent to an activating group) is 1. The van der Waals surface area contributed by atoms with Crippen molar-refractivity contribution in [1.82, 2.24) is 19.5 Å². The van der Waals surface area contributed by atoms with Crippen LogP contribution in [0.4, 0.5) is 0 Å². The van der Waals surface area contributed by atoms with E-state index in [1.54, 1.807) is 0 Å². The van der Waals surface area contributed by atoms with Crippen molar-refractivity contribution in [1.29, 1.82) is 0 Å². The van der Waals surface area contributed by atoms with Crippen LogP contribution in [0.2, 0.25) is 5.02 Å². The molecule has 0 aromatic carbocycles. The summed E-state index contributed by atoms with van der Waals surface area (Å²) in [5.74, 6) is 1.03. The monoisotopic (exact) mass is 264 g/mol. The average Bonchev–Trinajstić information content (AvgIpc) is 2.96. The van der Waals surface area contributed by atoms with Gasteiger partial charge in [-0.1, -0.05) is 18.5 Å². The molecule has 0 N–H and O–H groups in total. The maximum absolute atomic E-state index is 5.95. The summed E-state index contributed by atoms with van der Waals surface area (Å²) in [7, 11) is 0. The van der Waals surface area contributed by atoms with Gasteiger partial charge in [-0.05, 0) is 32.0 Å². The Morgan fingerprint density at radius 3 is 3.17 bits per heavy atom. The van der Waals surface area contributed by atoms with Crippen molar-refractivity contribution >= 4 is 17.2 Å².